The van der Waals surface area contributed by atoms with Crippen LogP contribution in [0.3, 0.4) is 0 Å². The molecule has 2 aromatic rings. The lowest BCUT2D eigenvalue weighted by molar-refractivity contribution is 0.678. The second-order valence-electron chi connectivity index (χ2n) is 4.87. The van der Waals surface area contributed by atoms with Crippen LogP contribution < -0.4 is 21.9 Å². The lowest BCUT2D eigenvalue weighted by atomic mass is 10.2. The Hall–Kier alpha value is -1.86. The van der Waals surface area contributed by atoms with Crippen molar-refractivity contribution in [2.45, 2.75) is 18.2 Å². The van der Waals surface area contributed by atoms with Gasteiger partial charge >= 0.3 is 0 Å². The van der Waals surface area contributed by atoms with Crippen molar-refractivity contribution in [2.75, 3.05) is 23.9 Å². The van der Waals surface area contributed by atoms with Crippen LogP contribution >= 0.6 is 11.6 Å². The summed E-state index contributed by atoms with van der Waals surface area (Å²) in [5, 5.41) is 3.01. The fourth-order valence-electron chi connectivity index (χ4n) is 1.95. The quantitative estimate of drug-likeness (QED) is 0.640. The van der Waals surface area contributed by atoms with Gasteiger partial charge in [0.05, 0.1) is 36.7 Å². The maximum Gasteiger partial charge on any atom is 0.249 e. The first-order chi connectivity index (χ1) is 10.3. The van der Waals surface area contributed by atoms with Crippen molar-refractivity contribution in [3.05, 3.63) is 43.7 Å². The number of nitrogens with one attached hydrogen (secondary N) is 1. The Labute approximate surface area is 133 Å². The van der Waals surface area contributed by atoms with E-state index in [2.05, 4.69) is 9.68 Å². The van der Waals surface area contributed by atoms with Crippen LogP contribution in [0, 0.1) is 0 Å². The molecule has 0 aliphatic rings. The third kappa shape index (κ3) is 3.00. The van der Waals surface area contributed by atoms with Crippen LogP contribution in [0.25, 0.3) is 0 Å². The molecule has 6 nitrogen and oxygen atoms in total. The Bertz CT molecular complexity index is 907. The summed E-state index contributed by atoms with van der Waals surface area (Å²) in [6.45, 7) is 2.36. The summed E-state index contributed by atoms with van der Waals surface area (Å²) in [4.78, 5) is 22.5. The van der Waals surface area contributed by atoms with Gasteiger partial charge in [-0.15, -0.1) is 0 Å². The fourth-order valence-corrected chi connectivity index (χ4v) is 4.15. The van der Waals surface area contributed by atoms with Gasteiger partial charge in [0.1, 0.15) is 0 Å². The van der Waals surface area contributed by atoms with Gasteiger partial charge in [-0.3, -0.25) is 9.59 Å². The van der Waals surface area contributed by atoms with E-state index >= 15 is 0 Å². The van der Waals surface area contributed by atoms with E-state index in [1.165, 1.54) is 18.4 Å². The van der Waals surface area contributed by atoms with Crippen LogP contribution in [-0.2, 0) is 9.73 Å². The molecular weight excluding hydrogens is 326 g/mol. The Morgan fingerprint density at radius 3 is 2.55 bits per heavy atom. The van der Waals surface area contributed by atoms with Gasteiger partial charge in [0.2, 0.25) is 10.9 Å². The van der Waals surface area contributed by atoms with Crippen LogP contribution in [0.4, 0.5) is 17.1 Å². The molecule has 0 heterocycles. The van der Waals surface area contributed by atoms with Crippen LogP contribution in [0.5, 0.6) is 0 Å². The van der Waals surface area contributed by atoms with Gasteiger partial charge in [-0.05, 0) is 18.6 Å². The molecule has 0 aromatic heterocycles. The Morgan fingerprint density at radius 2 is 2.00 bits per heavy atom. The van der Waals surface area contributed by atoms with E-state index in [9.17, 15) is 13.8 Å². The summed E-state index contributed by atoms with van der Waals surface area (Å²) in [5.74, 6) is 0. The van der Waals surface area contributed by atoms with Crippen molar-refractivity contribution in [3.63, 3.8) is 0 Å². The summed E-state index contributed by atoms with van der Waals surface area (Å²) in [7, 11) is -2.75. The zero-order valence-electron chi connectivity index (χ0n) is 12.2. The lowest BCUT2D eigenvalue weighted by Crippen LogP contribution is -2.31. The molecule has 0 aliphatic heterocycles. The van der Waals surface area contributed by atoms with Gasteiger partial charge in [0.25, 0.3) is 0 Å². The number of nitrogens with two attached hydrogens (primary N) is 1. The highest BCUT2D eigenvalue weighted by molar-refractivity contribution is 7.93. The molecule has 0 bridgehead atoms. The monoisotopic (exact) mass is 341 g/mol. The minimum absolute atomic E-state index is 0.151. The number of anilines is 3. The Morgan fingerprint density at radius 1 is 1.32 bits per heavy atom. The Kier molecular flexibility index (Phi) is 4.58. The topological polar surface area (TPSA) is 102 Å². The molecule has 3 N–H and O–H groups in total. The second kappa shape index (κ2) is 6.10. The maximum atomic E-state index is 12.7. The molecule has 0 amide bonds. The maximum absolute atomic E-state index is 12.7. The van der Waals surface area contributed by atoms with Gasteiger partial charge in [0, 0.05) is 18.9 Å². The number of hydrogen-bond acceptors (Lipinski definition) is 6. The molecule has 0 spiro atoms. The highest BCUT2D eigenvalue weighted by atomic mass is 35.5. The van der Waals surface area contributed by atoms with Crippen molar-refractivity contribution < 1.29 is 4.21 Å². The van der Waals surface area contributed by atoms with Crippen LogP contribution in [-0.4, -0.2) is 17.0 Å². The number of nitrogens with zero attached hydrogens (tertiary/aromatic N) is 1. The molecule has 8 heteroatoms. The molecule has 22 heavy (non-hydrogen) atoms. The van der Waals surface area contributed by atoms with E-state index in [-0.39, 0.29) is 21.3 Å². The van der Waals surface area contributed by atoms with Gasteiger partial charge in [-0.1, -0.05) is 18.5 Å². The number of rotatable bonds is 5. The molecule has 0 aliphatic carbocycles. The van der Waals surface area contributed by atoms with Crippen molar-refractivity contribution in [1.29, 1.82) is 0 Å². The smallest absolute Gasteiger partial charge is 0.249 e. The minimum Gasteiger partial charge on any atom is -0.396 e. The largest absolute Gasteiger partial charge is 0.396 e. The molecule has 0 radical (unpaired) electrons. The third-order valence-corrected chi connectivity index (χ3v) is 5.40. The highest BCUT2D eigenvalue weighted by Crippen LogP contribution is 2.35. The molecular formula is C14H16ClN3O3S. The molecule has 0 saturated heterocycles. The van der Waals surface area contributed by atoms with Crippen LogP contribution in [0.2, 0.25) is 5.02 Å². The first kappa shape index (κ1) is 16.5. The van der Waals surface area contributed by atoms with Gasteiger partial charge < -0.3 is 11.1 Å². The summed E-state index contributed by atoms with van der Waals surface area (Å²) in [5.41, 5.74) is 5.55. The molecule has 2 rings (SSSR count). The normalized spacial score (nSPS) is 13.8. The summed E-state index contributed by atoms with van der Waals surface area (Å²) in [6.07, 6.45) is 2.23. The predicted octanol–water partition coefficient (Wildman–Crippen LogP) is 2.13. The average molecular weight is 342 g/mol. The average Bonchev–Trinajstić information content (AvgIpc) is 2.46. The zero-order valence-corrected chi connectivity index (χ0v) is 13.8. The van der Waals surface area contributed by atoms with Gasteiger partial charge in [-0.2, -0.15) is 0 Å². The molecule has 2 aromatic carbocycles. The first-order valence-electron chi connectivity index (χ1n) is 6.61. The molecule has 118 valence electrons. The third-order valence-electron chi connectivity index (χ3n) is 3.10. The lowest BCUT2D eigenvalue weighted by Gasteiger charge is -2.15. The first-order valence-corrected chi connectivity index (χ1v) is 8.91. The van der Waals surface area contributed by atoms with Gasteiger partial charge in [0.15, 0.2) is 0 Å². The number of benzene rings is 1. The predicted molar refractivity (Wildman–Crippen MR) is 90.4 cm³/mol. The Balaban J connectivity index is 2.51. The van der Waals surface area contributed by atoms with Gasteiger partial charge in [-0.25, -0.2) is 8.57 Å². The number of halogens is 1. The summed E-state index contributed by atoms with van der Waals surface area (Å²) >= 11 is 6.12. The summed E-state index contributed by atoms with van der Waals surface area (Å²) < 4.78 is 16.9. The van der Waals surface area contributed by atoms with E-state index in [4.69, 9.17) is 17.3 Å². The number of nitrogen functional groups attached to an aromatic ring is 1. The second-order valence-corrected chi connectivity index (χ2v) is 7.55. The molecule has 0 saturated carbocycles. The van der Waals surface area contributed by atoms with E-state index < -0.39 is 20.6 Å². The van der Waals surface area contributed by atoms with E-state index in [1.807, 2.05) is 6.92 Å². The molecule has 1 unspecified atom stereocenters. The molecule has 1 atom stereocenters. The van der Waals surface area contributed by atoms with E-state index in [0.717, 1.165) is 6.42 Å². The zero-order chi connectivity index (χ0) is 16.5. The molecule has 0 fully saturated rings. The van der Waals surface area contributed by atoms with Crippen LogP contribution in [0.15, 0.2) is 37.0 Å². The van der Waals surface area contributed by atoms with E-state index in [1.54, 1.807) is 6.07 Å². The van der Waals surface area contributed by atoms with E-state index in [0.29, 0.717) is 12.2 Å². The standard InChI is InChI=1S/C14H16ClN3O3S/c1-3-6-17-22(2,21)14-8(15)4-5-9(12(14)16)18-10-7-11(19)13(10)20/h4-5,7,18H,3,6,16H2,1-2H3. The van der Waals surface area contributed by atoms with Crippen LogP contribution in [0.1, 0.15) is 13.3 Å². The van der Waals surface area contributed by atoms with Crippen molar-refractivity contribution in [3.8, 4) is 0 Å². The minimum atomic E-state index is -2.75. The number of hydrogen-bond donors (Lipinski definition) is 2. The van der Waals surface area contributed by atoms with Crippen molar-refractivity contribution in [1.82, 2.24) is 0 Å². The fraction of sp³-hybridized carbons (Fsp3) is 0.286. The summed E-state index contributed by atoms with van der Waals surface area (Å²) in [6, 6.07) is 4.28. The van der Waals surface area contributed by atoms with Crippen molar-refractivity contribution in [2.24, 2.45) is 4.36 Å². The highest BCUT2D eigenvalue weighted by Gasteiger charge is 2.19. The SMILES string of the molecule is CCCN=S(C)(=O)c1c(Cl)ccc(Nc2cc(=O)c2=O)c1N. The van der Waals surface area contributed by atoms with Crippen molar-refractivity contribution >= 4 is 38.4 Å².